The Labute approximate surface area is 94.7 Å². The first kappa shape index (κ1) is 13.0. The van der Waals surface area contributed by atoms with Gasteiger partial charge in [-0.1, -0.05) is 33.1 Å². The van der Waals surface area contributed by atoms with Gasteiger partial charge in [-0.2, -0.15) is 0 Å². The van der Waals surface area contributed by atoms with Gasteiger partial charge in [0.15, 0.2) is 0 Å². The summed E-state index contributed by atoms with van der Waals surface area (Å²) >= 11 is 0. The normalized spacial score (nSPS) is 21.2. The quantitative estimate of drug-likeness (QED) is 0.758. The molecule has 0 radical (unpaired) electrons. The average molecular weight is 213 g/mol. The molecule has 0 saturated heterocycles. The van der Waals surface area contributed by atoms with Crippen molar-refractivity contribution < 1.29 is 5.11 Å². The molecule has 1 atom stereocenters. The van der Waals surface area contributed by atoms with E-state index >= 15 is 0 Å². The van der Waals surface area contributed by atoms with Crippen LogP contribution < -0.4 is 0 Å². The highest BCUT2D eigenvalue weighted by Crippen LogP contribution is 2.25. The Balaban J connectivity index is 2.34. The number of rotatable bonds is 5. The summed E-state index contributed by atoms with van der Waals surface area (Å²) in [6.45, 7) is 5.85. The molecule has 1 rings (SSSR count). The van der Waals surface area contributed by atoms with Crippen LogP contribution in [0.5, 0.6) is 0 Å². The van der Waals surface area contributed by atoms with Gasteiger partial charge in [-0.05, 0) is 31.7 Å². The van der Waals surface area contributed by atoms with E-state index in [0.717, 1.165) is 5.92 Å². The Morgan fingerprint density at radius 2 is 1.80 bits per heavy atom. The maximum atomic E-state index is 9.35. The minimum Gasteiger partial charge on any atom is -0.395 e. The molecule has 2 nitrogen and oxygen atoms in total. The number of hydrogen-bond donors (Lipinski definition) is 1. The number of nitrogens with zero attached hydrogens (tertiary/aromatic N) is 1. The van der Waals surface area contributed by atoms with Crippen molar-refractivity contribution in [1.82, 2.24) is 4.90 Å². The smallest absolute Gasteiger partial charge is 0.0589 e. The standard InChI is InChI=1S/C13H27NO/c1-11(2)13(10-15)14(3)9-12-7-5-4-6-8-12/h11-13,15H,4-10H2,1-3H3. The summed E-state index contributed by atoms with van der Waals surface area (Å²) in [4.78, 5) is 2.36. The van der Waals surface area contributed by atoms with Gasteiger partial charge in [0.05, 0.1) is 6.61 Å². The van der Waals surface area contributed by atoms with Gasteiger partial charge in [-0.25, -0.2) is 0 Å². The Kier molecular flexibility index (Phi) is 5.62. The predicted molar refractivity (Wildman–Crippen MR) is 64.9 cm³/mol. The van der Waals surface area contributed by atoms with Crippen LogP contribution in [0.2, 0.25) is 0 Å². The van der Waals surface area contributed by atoms with Crippen LogP contribution in [0.1, 0.15) is 46.0 Å². The summed E-state index contributed by atoms with van der Waals surface area (Å²) in [7, 11) is 2.16. The lowest BCUT2D eigenvalue weighted by Gasteiger charge is -2.33. The Hall–Kier alpha value is -0.0800. The molecule has 0 aromatic heterocycles. The summed E-state index contributed by atoms with van der Waals surface area (Å²) in [6.07, 6.45) is 7.02. The summed E-state index contributed by atoms with van der Waals surface area (Å²) in [5, 5.41) is 9.35. The third kappa shape index (κ3) is 4.12. The molecule has 0 aliphatic heterocycles. The first-order chi connectivity index (χ1) is 7.15. The van der Waals surface area contributed by atoms with E-state index in [0.29, 0.717) is 18.6 Å². The maximum Gasteiger partial charge on any atom is 0.0589 e. The van der Waals surface area contributed by atoms with Crippen LogP contribution in [0.3, 0.4) is 0 Å². The summed E-state index contributed by atoms with van der Waals surface area (Å²) in [5.41, 5.74) is 0. The van der Waals surface area contributed by atoms with Crippen LogP contribution in [0, 0.1) is 11.8 Å². The van der Waals surface area contributed by atoms with Crippen LogP contribution >= 0.6 is 0 Å². The molecule has 90 valence electrons. The van der Waals surface area contributed by atoms with Crippen LogP contribution in [0.4, 0.5) is 0 Å². The van der Waals surface area contributed by atoms with Crippen molar-refractivity contribution in [3.05, 3.63) is 0 Å². The van der Waals surface area contributed by atoms with E-state index in [4.69, 9.17) is 0 Å². The monoisotopic (exact) mass is 213 g/mol. The minimum absolute atomic E-state index is 0.293. The molecule has 1 saturated carbocycles. The molecule has 2 heteroatoms. The zero-order valence-electron chi connectivity index (χ0n) is 10.6. The van der Waals surface area contributed by atoms with Gasteiger partial charge in [0.2, 0.25) is 0 Å². The summed E-state index contributed by atoms with van der Waals surface area (Å²) in [5.74, 6) is 1.42. The SMILES string of the molecule is CC(C)C(CO)N(C)CC1CCCCC1. The first-order valence-corrected chi connectivity index (χ1v) is 6.46. The molecule has 0 heterocycles. The van der Waals surface area contributed by atoms with E-state index in [2.05, 4.69) is 25.8 Å². The second-order valence-electron chi connectivity index (χ2n) is 5.44. The molecular formula is C13H27NO. The maximum absolute atomic E-state index is 9.35. The fraction of sp³-hybridized carbons (Fsp3) is 1.00. The largest absolute Gasteiger partial charge is 0.395 e. The van der Waals surface area contributed by atoms with Crippen molar-refractivity contribution in [2.45, 2.75) is 52.0 Å². The lowest BCUT2D eigenvalue weighted by atomic mass is 9.88. The molecular weight excluding hydrogens is 186 g/mol. The van der Waals surface area contributed by atoms with Crippen molar-refractivity contribution in [2.24, 2.45) is 11.8 Å². The summed E-state index contributed by atoms with van der Waals surface area (Å²) < 4.78 is 0. The van der Waals surface area contributed by atoms with E-state index in [1.54, 1.807) is 0 Å². The zero-order valence-corrected chi connectivity index (χ0v) is 10.6. The molecule has 1 aliphatic carbocycles. The van der Waals surface area contributed by atoms with Gasteiger partial charge < -0.3 is 10.0 Å². The molecule has 0 aromatic carbocycles. The van der Waals surface area contributed by atoms with Crippen LogP contribution in [-0.2, 0) is 0 Å². The van der Waals surface area contributed by atoms with Gasteiger partial charge in [0.1, 0.15) is 0 Å². The fourth-order valence-corrected chi connectivity index (χ4v) is 2.77. The Morgan fingerprint density at radius 1 is 1.20 bits per heavy atom. The zero-order chi connectivity index (χ0) is 11.3. The van der Waals surface area contributed by atoms with E-state index in [1.165, 1.54) is 38.6 Å². The minimum atomic E-state index is 0.293. The topological polar surface area (TPSA) is 23.5 Å². The van der Waals surface area contributed by atoms with Gasteiger partial charge >= 0.3 is 0 Å². The van der Waals surface area contributed by atoms with E-state index in [-0.39, 0.29) is 0 Å². The third-order valence-electron chi connectivity index (χ3n) is 3.79. The number of aliphatic hydroxyl groups excluding tert-OH is 1. The van der Waals surface area contributed by atoms with Crippen molar-refractivity contribution in [2.75, 3.05) is 20.2 Å². The van der Waals surface area contributed by atoms with Gasteiger partial charge in [0.25, 0.3) is 0 Å². The fourth-order valence-electron chi connectivity index (χ4n) is 2.77. The highest BCUT2D eigenvalue weighted by molar-refractivity contribution is 4.75. The van der Waals surface area contributed by atoms with Crippen molar-refractivity contribution in [3.63, 3.8) is 0 Å². The molecule has 0 amide bonds. The Bertz CT molecular complexity index is 164. The second kappa shape index (κ2) is 6.49. The Morgan fingerprint density at radius 3 is 2.27 bits per heavy atom. The molecule has 1 N–H and O–H groups in total. The number of hydrogen-bond acceptors (Lipinski definition) is 2. The molecule has 0 aromatic rings. The lowest BCUT2D eigenvalue weighted by molar-refractivity contribution is 0.0925. The summed E-state index contributed by atoms with van der Waals surface area (Å²) in [6, 6.07) is 0.340. The van der Waals surface area contributed by atoms with E-state index < -0.39 is 0 Å². The lowest BCUT2D eigenvalue weighted by Crippen LogP contribution is -2.41. The average Bonchev–Trinajstić information content (AvgIpc) is 2.19. The molecule has 0 bridgehead atoms. The van der Waals surface area contributed by atoms with Crippen LogP contribution in [0.15, 0.2) is 0 Å². The van der Waals surface area contributed by atoms with Gasteiger partial charge in [0, 0.05) is 12.6 Å². The molecule has 1 fully saturated rings. The predicted octanol–water partition coefficient (Wildman–Crippen LogP) is 2.52. The van der Waals surface area contributed by atoms with Crippen LogP contribution in [-0.4, -0.2) is 36.2 Å². The molecule has 1 unspecified atom stereocenters. The first-order valence-electron chi connectivity index (χ1n) is 6.46. The molecule has 15 heavy (non-hydrogen) atoms. The molecule has 0 spiro atoms. The van der Waals surface area contributed by atoms with Crippen molar-refractivity contribution in [1.29, 1.82) is 0 Å². The van der Waals surface area contributed by atoms with E-state index in [9.17, 15) is 5.11 Å². The van der Waals surface area contributed by atoms with Gasteiger partial charge in [-0.15, -0.1) is 0 Å². The van der Waals surface area contributed by atoms with E-state index in [1.807, 2.05) is 0 Å². The second-order valence-corrected chi connectivity index (χ2v) is 5.44. The third-order valence-corrected chi connectivity index (χ3v) is 3.79. The van der Waals surface area contributed by atoms with Crippen LogP contribution in [0.25, 0.3) is 0 Å². The van der Waals surface area contributed by atoms with Crippen molar-refractivity contribution in [3.8, 4) is 0 Å². The van der Waals surface area contributed by atoms with Crippen molar-refractivity contribution >= 4 is 0 Å². The molecule has 1 aliphatic rings. The number of likely N-dealkylation sites (N-methyl/N-ethyl adjacent to an activating group) is 1. The number of aliphatic hydroxyl groups is 1. The van der Waals surface area contributed by atoms with Gasteiger partial charge in [-0.3, -0.25) is 0 Å². The highest BCUT2D eigenvalue weighted by atomic mass is 16.3. The highest BCUT2D eigenvalue weighted by Gasteiger charge is 2.21.